The number of benzene rings is 5. The zero-order chi connectivity index (χ0) is 30.3. The smallest absolute Gasteiger partial charge is 0.148 e. The fourth-order valence-electron chi connectivity index (χ4n) is 4.91. The number of hydrogen-bond donors (Lipinski definition) is 0. The average molecular weight is 648 g/mol. The topological polar surface area (TPSA) is 54.7 Å². The van der Waals surface area contributed by atoms with Crippen molar-refractivity contribution in [2.24, 2.45) is 0 Å². The summed E-state index contributed by atoms with van der Waals surface area (Å²) in [7, 11) is 3.31. The van der Waals surface area contributed by atoms with Gasteiger partial charge in [0.2, 0.25) is 0 Å². The van der Waals surface area contributed by atoms with Gasteiger partial charge in [0, 0.05) is 17.4 Å². The summed E-state index contributed by atoms with van der Waals surface area (Å²) in [5.41, 5.74) is 5.47. The molecular formula is C37H31BrN2O4. The molecule has 0 amide bonds. The minimum atomic E-state index is 0.426. The summed E-state index contributed by atoms with van der Waals surface area (Å²) < 4.78 is 26.7. The lowest BCUT2D eigenvalue weighted by atomic mass is 10.1. The van der Waals surface area contributed by atoms with Crippen molar-refractivity contribution in [3.8, 4) is 51.3 Å². The van der Waals surface area contributed by atoms with Crippen LogP contribution in [0.1, 0.15) is 11.1 Å². The van der Waals surface area contributed by atoms with E-state index in [0.29, 0.717) is 24.7 Å². The van der Waals surface area contributed by atoms with E-state index in [-0.39, 0.29) is 0 Å². The monoisotopic (exact) mass is 646 g/mol. The molecule has 0 saturated heterocycles. The van der Waals surface area contributed by atoms with E-state index in [2.05, 4.69) is 32.6 Å². The Morgan fingerprint density at radius 1 is 0.614 bits per heavy atom. The zero-order valence-electron chi connectivity index (χ0n) is 24.4. The molecule has 0 atom stereocenters. The van der Waals surface area contributed by atoms with E-state index in [1.165, 1.54) is 0 Å². The summed E-state index contributed by atoms with van der Waals surface area (Å²) >= 11 is 3.66. The highest BCUT2D eigenvalue weighted by molar-refractivity contribution is 9.10. The number of imidazole rings is 1. The molecule has 7 heteroatoms. The van der Waals surface area contributed by atoms with Crippen molar-refractivity contribution in [3.63, 3.8) is 0 Å². The van der Waals surface area contributed by atoms with Gasteiger partial charge >= 0.3 is 0 Å². The van der Waals surface area contributed by atoms with E-state index in [1.807, 2.05) is 115 Å². The number of aromatic nitrogens is 2. The fourth-order valence-corrected chi connectivity index (χ4v) is 5.44. The molecule has 6 aromatic rings. The predicted molar refractivity (Wildman–Crippen MR) is 177 cm³/mol. The lowest BCUT2D eigenvalue weighted by Crippen LogP contribution is -2.01. The number of methoxy groups -OCH3 is 2. The van der Waals surface area contributed by atoms with Crippen LogP contribution in [0.25, 0.3) is 28.3 Å². The Balaban J connectivity index is 1.46. The molecule has 0 saturated carbocycles. The van der Waals surface area contributed by atoms with Crippen LogP contribution in [-0.2, 0) is 13.2 Å². The molecule has 6 nitrogen and oxygen atoms in total. The molecule has 1 heterocycles. The Hall–Kier alpha value is -5.01. The number of nitrogens with zero attached hydrogens (tertiary/aromatic N) is 2. The maximum absolute atomic E-state index is 6.36. The molecule has 5 aromatic carbocycles. The Bertz CT molecular complexity index is 1860. The standard InChI is InChI=1S/C37H31BrN2O4/c1-41-29-18-20-35(44-25-27-13-7-4-8-14-27)31(22-29)33-23-40(28-17-19-36(42-2)32(38)21-28)37(39-33)30-15-9-10-16-34(30)43-24-26-11-5-3-6-12-26/h3-23H,24-25H2,1-2H3. The Labute approximate surface area is 265 Å². The first kappa shape index (κ1) is 29.1. The number of halogens is 1. The van der Waals surface area contributed by atoms with Gasteiger partial charge in [0.05, 0.1) is 29.9 Å². The van der Waals surface area contributed by atoms with Gasteiger partial charge in [-0.15, -0.1) is 0 Å². The van der Waals surface area contributed by atoms with Crippen LogP contribution in [0.5, 0.6) is 23.0 Å². The molecule has 0 bridgehead atoms. The maximum atomic E-state index is 6.36. The third kappa shape index (κ3) is 6.48. The molecule has 1 aromatic heterocycles. The van der Waals surface area contributed by atoms with Gasteiger partial charge in [-0.2, -0.15) is 0 Å². The number of rotatable bonds is 11. The first-order chi connectivity index (χ1) is 21.6. The number of para-hydroxylation sites is 1. The van der Waals surface area contributed by atoms with E-state index < -0.39 is 0 Å². The molecule has 0 aliphatic rings. The lowest BCUT2D eigenvalue weighted by molar-refractivity contribution is 0.306. The van der Waals surface area contributed by atoms with Crippen LogP contribution in [0.3, 0.4) is 0 Å². The van der Waals surface area contributed by atoms with E-state index >= 15 is 0 Å². The maximum Gasteiger partial charge on any atom is 0.148 e. The van der Waals surface area contributed by atoms with Gasteiger partial charge in [-0.25, -0.2) is 4.98 Å². The quantitative estimate of drug-likeness (QED) is 0.140. The van der Waals surface area contributed by atoms with Crippen LogP contribution in [0, 0.1) is 0 Å². The van der Waals surface area contributed by atoms with Crippen molar-refractivity contribution < 1.29 is 18.9 Å². The van der Waals surface area contributed by atoms with Crippen molar-refractivity contribution in [2.75, 3.05) is 14.2 Å². The molecular weight excluding hydrogens is 616 g/mol. The molecule has 44 heavy (non-hydrogen) atoms. The van der Waals surface area contributed by atoms with Crippen LogP contribution >= 0.6 is 15.9 Å². The van der Waals surface area contributed by atoms with Crippen molar-refractivity contribution >= 4 is 15.9 Å². The summed E-state index contributed by atoms with van der Waals surface area (Å²) in [6.45, 7) is 0.863. The van der Waals surface area contributed by atoms with E-state index in [9.17, 15) is 0 Å². The Kier molecular flexibility index (Phi) is 8.94. The summed E-state index contributed by atoms with van der Waals surface area (Å²) in [4.78, 5) is 5.21. The van der Waals surface area contributed by atoms with Crippen molar-refractivity contribution in [2.45, 2.75) is 13.2 Å². The largest absolute Gasteiger partial charge is 0.497 e. The first-order valence-corrected chi connectivity index (χ1v) is 15.0. The second kappa shape index (κ2) is 13.5. The number of ether oxygens (including phenoxy) is 4. The second-order valence-electron chi connectivity index (χ2n) is 10.0. The molecule has 0 spiro atoms. The molecule has 0 radical (unpaired) electrons. The third-order valence-corrected chi connectivity index (χ3v) is 7.80. The highest BCUT2D eigenvalue weighted by Crippen LogP contribution is 2.39. The molecule has 0 fully saturated rings. The van der Waals surface area contributed by atoms with Gasteiger partial charge in [-0.05, 0) is 75.6 Å². The summed E-state index contributed by atoms with van der Waals surface area (Å²) in [6, 6.07) is 39.9. The van der Waals surface area contributed by atoms with Crippen molar-refractivity contribution in [1.82, 2.24) is 9.55 Å². The lowest BCUT2D eigenvalue weighted by Gasteiger charge is -2.14. The molecule has 0 unspecified atom stereocenters. The van der Waals surface area contributed by atoms with Gasteiger partial charge in [0.1, 0.15) is 42.0 Å². The van der Waals surface area contributed by atoms with Crippen molar-refractivity contribution in [1.29, 1.82) is 0 Å². The molecule has 6 rings (SSSR count). The number of hydrogen-bond acceptors (Lipinski definition) is 5. The van der Waals surface area contributed by atoms with Crippen LogP contribution in [0.2, 0.25) is 0 Å². The molecule has 0 aliphatic heterocycles. The van der Waals surface area contributed by atoms with Crippen molar-refractivity contribution in [3.05, 3.63) is 143 Å². The van der Waals surface area contributed by atoms with Gasteiger partial charge in [-0.3, -0.25) is 4.57 Å². The van der Waals surface area contributed by atoms with Gasteiger partial charge in [0.25, 0.3) is 0 Å². The Morgan fingerprint density at radius 2 is 1.23 bits per heavy atom. The average Bonchev–Trinajstić information content (AvgIpc) is 3.52. The second-order valence-corrected chi connectivity index (χ2v) is 10.9. The third-order valence-electron chi connectivity index (χ3n) is 7.18. The van der Waals surface area contributed by atoms with Gasteiger partial charge in [0.15, 0.2) is 0 Å². The highest BCUT2D eigenvalue weighted by Gasteiger charge is 2.20. The van der Waals surface area contributed by atoms with Crippen LogP contribution in [0.15, 0.2) is 132 Å². The summed E-state index contributed by atoms with van der Waals surface area (Å²) in [5, 5.41) is 0. The van der Waals surface area contributed by atoms with Crippen LogP contribution in [0.4, 0.5) is 0 Å². The first-order valence-electron chi connectivity index (χ1n) is 14.2. The van der Waals surface area contributed by atoms with E-state index in [1.54, 1.807) is 14.2 Å². The molecule has 0 aliphatic carbocycles. The fraction of sp³-hybridized carbons (Fsp3) is 0.108. The normalized spacial score (nSPS) is 10.8. The summed E-state index contributed by atoms with van der Waals surface area (Å²) in [5.74, 6) is 3.61. The van der Waals surface area contributed by atoms with E-state index in [4.69, 9.17) is 23.9 Å². The van der Waals surface area contributed by atoms with E-state index in [0.717, 1.165) is 55.4 Å². The Morgan fingerprint density at radius 3 is 1.86 bits per heavy atom. The molecule has 220 valence electrons. The minimum absolute atomic E-state index is 0.426. The van der Waals surface area contributed by atoms with Gasteiger partial charge < -0.3 is 18.9 Å². The molecule has 0 N–H and O–H groups in total. The van der Waals surface area contributed by atoms with Crippen LogP contribution < -0.4 is 18.9 Å². The highest BCUT2D eigenvalue weighted by atomic mass is 79.9. The zero-order valence-corrected chi connectivity index (χ0v) is 26.0. The minimum Gasteiger partial charge on any atom is -0.497 e. The SMILES string of the molecule is COc1ccc(OCc2ccccc2)c(-c2cn(-c3ccc(OC)c(Br)c3)c(-c3ccccc3OCc3ccccc3)n2)c1. The summed E-state index contributed by atoms with van der Waals surface area (Å²) in [6.07, 6.45) is 2.02. The van der Waals surface area contributed by atoms with Crippen LogP contribution in [-0.4, -0.2) is 23.8 Å². The van der Waals surface area contributed by atoms with Gasteiger partial charge in [-0.1, -0.05) is 72.8 Å². The predicted octanol–water partition coefficient (Wildman–Crippen LogP) is 9.14.